The molecule has 0 atom stereocenters. The van der Waals surface area contributed by atoms with Crippen LogP contribution in [-0.4, -0.2) is 19.4 Å². The Morgan fingerprint density at radius 1 is 1.25 bits per heavy atom. The van der Waals surface area contributed by atoms with E-state index in [1.165, 1.54) is 23.6 Å². The quantitative estimate of drug-likeness (QED) is 0.683. The van der Waals surface area contributed by atoms with E-state index in [2.05, 4.69) is 15.0 Å². The van der Waals surface area contributed by atoms with Gasteiger partial charge in [-0.25, -0.2) is 15.0 Å². The lowest BCUT2D eigenvalue weighted by molar-refractivity contribution is 0.797. The van der Waals surface area contributed by atoms with Crippen molar-refractivity contribution in [1.82, 2.24) is 19.4 Å². The van der Waals surface area contributed by atoms with Crippen molar-refractivity contribution in [2.24, 2.45) is 0 Å². The molecule has 0 aliphatic heterocycles. The lowest BCUT2D eigenvalue weighted by Crippen LogP contribution is -2.15. The van der Waals surface area contributed by atoms with Crippen molar-refractivity contribution < 1.29 is 0 Å². The van der Waals surface area contributed by atoms with E-state index >= 15 is 0 Å². The molecule has 102 valence electrons. The molecule has 20 heavy (non-hydrogen) atoms. The number of hydrogen-bond acceptors (Lipinski definition) is 5. The Balaban J connectivity index is 2.39. The van der Waals surface area contributed by atoms with Gasteiger partial charge < -0.3 is 0 Å². The average molecular weight is 307 g/mol. The van der Waals surface area contributed by atoms with Gasteiger partial charge in [0.25, 0.3) is 5.56 Å². The molecule has 0 amide bonds. The molecule has 3 aromatic heterocycles. The van der Waals surface area contributed by atoms with E-state index in [1.807, 2.05) is 13.8 Å². The first-order valence-corrected chi connectivity index (χ1v) is 7.26. The maximum absolute atomic E-state index is 12.1. The summed E-state index contributed by atoms with van der Waals surface area (Å²) in [6, 6.07) is 3.25. The number of thiazole rings is 1. The predicted molar refractivity (Wildman–Crippen MR) is 79.5 cm³/mol. The first-order valence-electron chi connectivity index (χ1n) is 6.07. The zero-order chi connectivity index (χ0) is 14.3. The summed E-state index contributed by atoms with van der Waals surface area (Å²) in [7, 11) is 0. The predicted octanol–water partition coefficient (Wildman–Crippen LogP) is 2.99. The maximum atomic E-state index is 12.1. The number of rotatable bonds is 2. The van der Waals surface area contributed by atoms with Crippen LogP contribution in [0.4, 0.5) is 0 Å². The minimum atomic E-state index is -0.0821. The third-order valence-electron chi connectivity index (χ3n) is 2.89. The standard InChI is InChI=1S/C13H11ClN4OS/c1-7(2)10-11(8-3-5-15-12(14)17-8)20-13-16-6-4-9(19)18(10)13/h3-7H,1-2H3. The van der Waals surface area contributed by atoms with Gasteiger partial charge in [0.2, 0.25) is 5.28 Å². The molecule has 0 saturated carbocycles. The van der Waals surface area contributed by atoms with E-state index in [9.17, 15) is 4.79 Å². The van der Waals surface area contributed by atoms with Crippen molar-refractivity contribution in [3.05, 3.63) is 45.9 Å². The Hall–Kier alpha value is -1.79. The Morgan fingerprint density at radius 3 is 2.70 bits per heavy atom. The molecule has 0 aromatic carbocycles. The highest BCUT2D eigenvalue weighted by Crippen LogP contribution is 2.34. The minimum Gasteiger partial charge on any atom is -0.269 e. The molecule has 0 aliphatic carbocycles. The van der Waals surface area contributed by atoms with Crippen molar-refractivity contribution in [1.29, 1.82) is 0 Å². The normalized spacial score (nSPS) is 11.4. The SMILES string of the molecule is CC(C)c1c(-c2ccnc(Cl)n2)sc2nccc(=O)n12. The molecule has 0 saturated heterocycles. The largest absolute Gasteiger partial charge is 0.269 e. The second-order valence-corrected chi connectivity index (χ2v) is 5.90. The summed E-state index contributed by atoms with van der Waals surface area (Å²) < 4.78 is 1.64. The Labute approximate surface area is 123 Å². The fourth-order valence-corrected chi connectivity index (χ4v) is 3.47. The maximum Gasteiger partial charge on any atom is 0.258 e. The monoisotopic (exact) mass is 306 g/mol. The van der Waals surface area contributed by atoms with Crippen LogP contribution in [0.5, 0.6) is 0 Å². The van der Waals surface area contributed by atoms with Gasteiger partial charge in [0.1, 0.15) is 0 Å². The summed E-state index contributed by atoms with van der Waals surface area (Å²) in [5.41, 5.74) is 1.53. The fraction of sp³-hybridized carbons (Fsp3) is 0.231. The van der Waals surface area contributed by atoms with E-state index in [-0.39, 0.29) is 16.8 Å². The van der Waals surface area contributed by atoms with Gasteiger partial charge in [-0.15, -0.1) is 0 Å². The molecule has 0 bridgehead atoms. The summed E-state index contributed by atoms with van der Waals surface area (Å²) in [5.74, 6) is 0.161. The summed E-state index contributed by atoms with van der Waals surface area (Å²) in [5, 5.41) is 0.190. The van der Waals surface area contributed by atoms with E-state index in [0.29, 0.717) is 10.7 Å². The minimum absolute atomic E-state index is 0.0821. The van der Waals surface area contributed by atoms with Crippen LogP contribution in [0.2, 0.25) is 5.28 Å². The van der Waals surface area contributed by atoms with Gasteiger partial charge in [-0.1, -0.05) is 25.2 Å². The van der Waals surface area contributed by atoms with E-state index in [1.54, 1.807) is 16.7 Å². The summed E-state index contributed by atoms with van der Waals surface area (Å²) in [4.78, 5) is 26.0. The molecule has 0 fully saturated rings. The first-order chi connectivity index (χ1) is 9.58. The number of halogens is 1. The average Bonchev–Trinajstić information content (AvgIpc) is 2.79. The van der Waals surface area contributed by atoms with Crippen molar-refractivity contribution in [2.75, 3.05) is 0 Å². The molecule has 0 aliphatic rings. The second kappa shape index (κ2) is 4.96. The third kappa shape index (κ3) is 2.10. The molecule has 7 heteroatoms. The third-order valence-corrected chi connectivity index (χ3v) is 4.16. The van der Waals surface area contributed by atoms with E-state index in [0.717, 1.165) is 10.6 Å². The molecule has 3 rings (SSSR count). The molecule has 0 spiro atoms. The fourth-order valence-electron chi connectivity index (χ4n) is 2.10. The van der Waals surface area contributed by atoms with Gasteiger partial charge in [-0.3, -0.25) is 9.20 Å². The molecule has 5 nitrogen and oxygen atoms in total. The Morgan fingerprint density at radius 2 is 2.00 bits per heavy atom. The number of fused-ring (bicyclic) bond motifs is 1. The zero-order valence-electron chi connectivity index (χ0n) is 10.9. The molecule has 0 radical (unpaired) electrons. The number of hydrogen-bond donors (Lipinski definition) is 0. The van der Waals surface area contributed by atoms with Crippen LogP contribution in [0.1, 0.15) is 25.5 Å². The van der Waals surface area contributed by atoms with Crippen molar-refractivity contribution in [2.45, 2.75) is 19.8 Å². The highest BCUT2D eigenvalue weighted by atomic mass is 35.5. The van der Waals surface area contributed by atoms with Crippen LogP contribution in [0.15, 0.2) is 29.3 Å². The van der Waals surface area contributed by atoms with Gasteiger partial charge >= 0.3 is 0 Å². The lowest BCUT2D eigenvalue weighted by Gasteiger charge is -2.07. The van der Waals surface area contributed by atoms with Gasteiger partial charge in [0.05, 0.1) is 16.3 Å². The molecule has 3 heterocycles. The summed E-state index contributed by atoms with van der Waals surface area (Å²) >= 11 is 7.29. The zero-order valence-corrected chi connectivity index (χ0v) is 12.4. The van der Waals surface area contributed by atoms with Crippen LogP contribution in [0, 0.1) is 0 Å². The van der Waals surface area contributed by atoms with Gasteiger partial charge in [-0.05, 0) is 23.6 Å². The van der Waals surface area contributed by atoms with Crippen LogP contribution >= 0.6 is 22.9 Å². The van der Waals surface area contributed by atoms with Crippen molar-refractivity contribution in [3.8, 4) is 10.6 Å². The number of nitrogens with zero attached hydrogens (tertiary/aromatic N) is 4. The van der Waals surface area contributed by atoms with Crippen molar-refractivity contribution in [3.63, 3.8) is 0 Å². The Bertz CT molecular complexity index is 840. The van der Waals surface area contributed by atoms with Gasteiger partial charge in [0, 0.05) is 18.5 Å². The molecular formula is C13H11ClN4OS. The smallest absolute Gasteiger partial charge is 0.258 e. The van der Waals surface area contributed by atoms with Gasteiger partial charge in [0.15, 0.2) is 4.96 Å². The van der Waals surface area contributed by atoms with E-state index < -0.39 is 0 Å². The molecular weight excluding hydrogens is 296 g/mol. The summed E-state index contributed by atoms with van der Waals surface area (Å²) in [6.45, 7) is 4.07. The second-order valence-electron chi connectivity index (χ2n) is 4.58. The highest BCUT2D eigenvalue weighted by molar-refractivity contribution is 7.20. The van der Waals surface area contributed by atoms with Gasteiger partial charge in [-0.2, -0.15) is 0 Å². The van der Waals surface area contributed by atoms with Crippen LogP contribution in [0.3, 0.4) is 0 Å². The van der Waals surface area contributed by atoms with E-state index in [4.69, 9.17) is 11.6 Å². The van der Waals surface area contributed by atoms with Crippen LogP contribution in [0.25, 0.3) is 15.5 Å². The molecule has 0 unspecified atom stereocenters. The lowest BCUT2D eigenvalue weighted by atomic mass is 10.1. The topological polar surface area (TPSA) is 60.2 Å². The molecule has 0 N–H and O–H groups in total. The van der Waals surface area contributed by atoms with Crippen LogP contribution < -0.4 is 5.56 Å². The van der Waals surface area contributed by atoms with Crippen molar-refractivity contribution >= 4 is 27.9 Å². The first kappa shape index (κ1) is 13.2. The highest BCUT2D eigenvalue weighted by Gasteiger charge is 2.19. The summed E-state index contributed by atoms with van der Waals surface area (Å²) in [6.07, 6.45) is 3.13. The molecule has 3 aromatic rings. The Kier molecular flexibility index (Phi) is 3.27. The van der Waals surface area contributed by atoms with Crippen LogP contribution in [-0.2, 0) is 0 Å². The number of aromatic nitrogens is 4.